The first-order valence-corrected chi connectivity index (χ1v) is 10.9. The second kappa shape index (κ2) is 12.5. The first-order valence-electron chi connectivity index (χ1n) is 10.1. The number of carbonyl (C=O) groups is 1. The van der Waals surface area contributed by atoms with Crippen molar-refractivity contribution in [1.29, 1.82) is 0 Å². The second-order valence-corrected chi connectivity index (χ2v) is 8.07. The summed E-state index contributed by atoms with van der Waals surface area (Å²) in [4.78, 5) is 11.0. The van der Waals surface area contributed by atoms with E-state index in [-0.39, 0.29) is 18.0 Å². The van der Waals surface area contributed by atoms with Crippen LogP contribution in [0.2, 0.25) is 0 Å². The molecule has 0 saturated heterocycles. The molecule has 0 saturated carbocycles. The average Bonchev–Trinajstić information content (AvgIpc) is 2.75. The molecule has 7 heteroatoms. The number of aryl methyl sites for hydroxylation is 1. The highest BCUT2D eigenvalue weighted by Crippen LogP contribution is 2.37. The van der Waals surface area contributed by atoms with Gasteiger partial charge in [-0.3, -0.25) is 0 Å². The summed E-state index contributed by atoms with van der Waals surface area (Å²) in [5, 5.41) is 12.4. The quantitative estimate of drug-likeness (QED) is 0.336. The van der Waals surface area contributed by atoms with Crippen LogP contribution in [-0.4, -0.2) is 17.7 Å². The van der Waals surface area contributed by atoms with Gasteiger partial charge in [0.15, 0.2) is 11.5 Å². The molecule has 0 aliphatic rings. The second-order valence-electron chi connectivity index (χ2n) is 7.22. The van der Waals surface area contributed by atoms with Crippen LogP contribution in [-0.2, 0) is 19.7 Å². The molecule has 0 fully saturated rings. The molecular weight excluding hydrogens is 494 g/mol. The summed E-state index contributed by atoms with van der Waals surface area (Å²) in [6.45, 7) is 6.28. The topological polar surface area (TPSA) is 67.8 Å². The smallest absolute Gasteiger partial charge is 0.335 e. The van der Waals surface area contributed by atoms with Gasteiger partial charge in [-0.2, -0.15) is 0 Å². The maximum Gasteiger partial charge on any atom is 0.335 e. The van der Waals surface area contributed by atoms with Crippen LogP contribution in [0.5, 0.6) is 11.5 Å². The maximum atomic E-state index is 11.0. The minimum atomic E-state index is -0.919. The number of halogens is 2. The number of nitrogens with one attached hydrogen (secondary N) is 1. The molecule has 2 N–H and O–H groups in total. The average molecular weight is 521 g/mol. The van der Waals surface area contributed by atoms with Crippen LogP contribution in [0.25, 0.3) is 0 Å². The first kappa shape index (κ1) is 25.7. The number of hydrogen-bond donors (Lipinski definition) is 2. The standard InChI is InChI=1S/C25H26BrNO4.ClH/c1-3-30-23-13-20(15-27-14-18-8-10-21(11-9-18)25(28)29)12-22(26)24(23)31-16-19-6-4-17(2)5-7-19;/h4-13,27H,3,14-16H2,1-2H3,(H,28,29);1H. The van der Waals surface area contributed by atoms with Crippen molar-refractivity contribution in [2.45, 2.75) is 33.5 Å². The molecule has 0 heterocycles. The number of hydrogen-bond acceptors (Lipinski definition) is 4. The van der Waals surface area contributed by atoms with Gasteiger partial charge < -0.3 is 19.9 Å². The van der Waals surface area contributed by atoms with Crippen LogP contribution in [0.15, 0.2) is 65.1 Å². The predicted octanol–water partition coefficient (Wildman–Crippen LogP) is 6.15. The fourth-order valence-electron chi connectivity index (χ4n) is 3.08. The van der Waals surface area contributed by atoms with E-state index in [1.54, 1.807) is 12.1 Å². The zero-order valence-electron chi connectivity index (χ0n) is 18.1. The lowest BCUT2D eigenvalue weighted by Gasteiger charge is -2.16. The minimum Gasteiger partial charge on any atom is -0.490 e. The monoisotopic (exact) mass is 519 g/mol. The molecule has 3 aromatic rings. The zero-order valence-corrected chi connectivity index (χ0v) is 20.5. The Morgan fingerprint density at radius 3 is 2.19 bits per heavy atom. The summed E-state index contributed by atoms with van der Waals surface area (Å²) in [6, 6.07) is 19.1. The molecule has 0 aliphatic carbocycles. The fourth-order valence-corrected chi connectivity index (χ4v) is 3.69. The molecule has 0 amide bonds. The van der Waals surface area contributed by atoms with Crippen LogP contribution in [0, 0.1) is 6.92 Å². The third-order valence-electron chi connectivity index (χ3n) is 4.73. The van der Waals surface area contributed by atoms with Crippen molar-refractivity contribution in [1.82, 2.24) is 5.32 Å². The Kier molecular flexibility index (Phi) is 10.0. The van der Waals surface area contributed by atoms with E-state index < -0.39 is 5.97 Å². The fraction of sp³-hybridized carbons (Fsp3) is 0.240. The lowest BCUT2D eigenvalue weighted by molar-refractivity contribution is 0.0697. The van der Waals surface area contributed by atoms with Gasteiger partial charge in [-0.05, 0) is 70.7 Å². The maximum absolute atomic E-state index is 11.0. The van der Waals surface area contributed by atoms with Crippen molar-refractivity contribution in [3.8, 4) is 11.5 Å². The van der Waals surface area contributed by atoms with E-state index in [4.69, 9.17) is 14.6 Å². The van der Waals surface area contributed by atoms with Crippen molar-refractivity contribution in [2.24, 2.45) is 0 Å². The Labute approximate surface area is 203 Å². The molecular formula is C25H27BrClNO4. The highest BCUT2D eigenvalue weighted by Gasteiger charge is 2.13. The van der Waals surface area contributed by atoms with Crippen molar-refractivity contribution < 1.29 is 19.4 Å². The zero-order chi connectivity index (χ0) is 22.2. The van der Waals surface area contributed by atoms with E-state index in [1.165, 1.54) is 5.56 Å². The Balaban J connectivity index is 0.00000363. The summed E-state index contributed by atoms with van der Waals surface area (Å²) in [7, 11) is 0. The molecule has 5 nitrogen and oxygen atoms in total. The number of rotatable bonds is 10. The van der Waals surface area contributed by atoms with Crippen molar-refractivity contribution in [3.05, 3.63) is 93.0 Å². The van der Waals surface area contributed by atoms with Crippen molar-refractivity contribution in [3.63, 3.8) is 0 Å². The SMILES string of the molecule is CCOc1cc(CNCc2ccc(C(=O)O)cc2)cc(Br)c1OCc1ccc(C)cc1.Cl. The normalized spacial score (nSPS) is 10.3. The number of ether oxygens (including phenoxy) is 2. The first-order chi connectivity index (χ1) is 15.0. The molecule has 0 bridgehead atoms. The summed E-state index contributed by atoms with van der Waals surface area (Å²) in [5.41, 5.74) is 4.68. The van der Waals surface area contributed by atoms with Crippen LogP contribution in [0.3, 0.4) is 0 Å². The number of aromatic carboxylic acids is 1. The van der Waals surface area contributed by atoms with Gasteiger partial charge >= 0.3 is 5.97 Å². The highest BCUT2D eigenvalue weighted by atomic mass is 79.9. The van der Waals surface area contributed by atoms with Crippen LogP contribution < -0.4 is 14.8 Å². The van der Waals surface area contributed by atoms with Crippen LogP contribution in [0.1, 0.15) is 39.5 Å². The van der Waals surface area contributed by atoms with Crippen LogP contribution >= 0.6 is 28.3 Å². The van der Waals surface area contributed by atoms with Gasteiger partial charge in [-0.15, -0.1) is 12.4 Å². The molecule has 0 unspecified atom stereocenters. The van der Waals surface area contributed by atoms with Gasteiger partial charge in [0.2, 0.25) is 0 Å². The third-order valence-corrected chi connectivity index (χ3v) is 5.32. The highest BCUT2D eigenvalue weighted by molar-refractivity contribution is 9.10. The molecule has 170 valence electrons. The van der Waals surface area contributed by atoms with E-state index in [0.29, 0.717) is 37.8 Å². The van der Waals surface area contributed by atoms with Gasteiger partial charge in [0, 0.05) is 13.1 Å². The summed E-state index contributed by atoms with van der Waals surface area (Å²) >= 11 is 3.62. The Bertz CT molecular complexity index is 1020. The van der Waals surface area contributed by atoms with E-state index in [9.17, 15) is 4.79 Å². The number of benzene rings is 3. The minimum absolute atomic E-state index is 0. The van der Waals surface area contributed by atoms with Gasteiger partial charge in [-0.25, -0.2) is 4.79 Å². The van der Waals surface area contributed by atoms with Crippen molar-refractivity contribution in [2.75, 3.05) is 6.61 Å². The van der Waals surface area contributed by atoms with Crippen LogP contribution in [0.4, 0.5) is 0 Å². The number of carboxylic acid groups (broad SMARTS) is 1. The van der Waals surface area contributed by atoms with Gasteiger partial charge in [-0.1, -0.05) is 42.0 Å². The molecule has 0 atom stereocenters. The Morgan fingerprint density at radius 1 is 0.938 bits per heavy atom. The lowest BCUT2D eigenvalue weighted by Crippen LogP contribution is -2.13. The summed E-state index contributed by atoms with van der Waals surface area (Å²) in [6.07, 6.45) is 0. The van der Waals surface area contributed by atoms with Gasteiger partial charge in [0.1, 0.15) is 6.61 Å². The van der Waals surface area contributed by atoms with E-state index in [0.717, 1.165) is 21.2 Å². The van der Waals surface area contributed by atoms with Gasteiger partial charge in [0.25, 0.3) is 0 Å². The third kappa shape index (κ3) is 7.26. The molecule has 0 aromatic heterocycles. The predicted molar refractivity (Wildman–Crippen MR) is 132 cm³/mol. The van der Waals surface area contributed by atoms with E-state index in [2.05, 4.69) is 52.4 Å². The molecule has 0 spiro atoms. The van der Waals surface area contributed by atoms with E-state index >= 15 is 0 Å². The van der Waals surface area contributed by atoms with Gasteiger partial charge in [0.05, 0.1) is 16.6 Å². The lowest BCUT2D eigenvalue weighted by atomic mass is 10.1. The molecule has 0 radical (unpaired) electrons. The largest absolute Gasteiger partial charge is 0.490 e. The molecule has 3 rings (SSSR count). The Hall–Kier alpha value is -2.54. The summed E-state index contributed by atoms with van der Waals surface area (Å²) < 4.78 is 12.7. The van der Waals surface area contributed by atoms with Crippen molar-refractivity contribution >= 4 is 34.3 Å². The molecule has 32 heavy (non-hydrogen) atoms. The Morgan fingerprint density at radius 2 is 1.56 bits per heavy atom. The molecule has 0 aliphatic heterocycles. The molecule has 3 aromatic carbocycles. The summed E-state index contributed by atoms with van der Waals surface area (Å²) in [5.74, 6) is 0.472. The number of carboxylic acids is 1. The van der Waals surface area contributed by atoms with E-state index in [1.807, 2.05) is 31.2 Å².